The fraction of sp³-hybridized carbons (Fsp3) is 0.435. The predicted molar refractivity (Wildman–Crippen MR) is 122 cm³/mol. The van der Waals surface area contributed by atoms with E-state index in [2.05, 4.69) is 28.8 Å². The van der Waals surface area contributed by atoms with Crippen LogP contribution in [0.2, 0.25) is 0 Å². The molecule has 2 N–H and O–H groups in total. The van der Waals surface area contributed by atoms with Gasteiger partial charge in [-0.25, -0.2) is 8.42 Å². The lowest BCUT2D eigenvalue weighted by Crippen LogP contribution is -2.32. The zero-order valence-electron chi connectivity index (χ0n) is 18.3. The first-order chi connectivity index (χ1) is 14.8. The molecule has 0 aromatic heterocycles. The number of nitrogens with one attached hydrogen (secondary N) is 2. The van der Waals surface area contributed by atoms with E-state index in [1.807, 2.05) is 6.92 Å². The Kier molecular flexibility index (Phi) is 7.56. The normalized spacial score (nSPS) is 17.0. The molecular formula is C23H31N3O4S. The lowest BCUT2D eigenvalue weighted by atomic mass is 10.1. The monoisotopic (exact) mass is 445 g/mol. The van der Waals surface area contributed by atoms with Gasteiger partial charge in [0.15, 0.2) is 0 Å². The van der Waals surface area contributed by atoms with Crippen LogP contribution in [0.3, 0.4) is 0 Å². The van der Waals surface area contributed by atoms with Gasteiger partial charge in [0, 0.05) is 30.4 Å². The number of carbonyl (C=O) groups is 1. The molecule has 1 unspecified atom stereocenters. The molecule has 0 spiro atoms. The molecule has 0 saturated carbocycles. The first-order valence-electron chi connectivity index (χ1n) is 10.7. The minimum absolute atomic E-state index is 0.143. The third-order valence-electron chi connectivity index (χ3n) is 5.44. The van der Waals surface area contributed by atoms with Crippen LogP contribution in [0.1, 0.15) is 37.6 Å². The second kappa shape index (κ2) is 10.2. The van der Waals surface area contributed by atoms with E-state index in [0.29, 0.717) is 42.1 Å². The van der Waals surface area contributed by atoms with Crippen molar-refractivity contribution < 1.29 is 17.9 Å². The first kappa shape index (κ1) is 23.1. The average molecular weight is 446 g/mol. The maximum Gasteiger partial charge on any atom is 0.261 e. The molecule has 0 aliphatic carbocycles. The van der Waals surface area contributed by atoms with Crippen molar-refractivity contribution in [2.24, 2.45) is 5.92 Å². The number of likely N-dealkylation sites (tertiary alicyclic amines) is 1. The van der Waals surface area contributed by atoms with Crippen molar-refractivity contribution in [3.8, 4) is 5.75 Å². The molecule has 1 heterocycles. The van der Waals surface area contributed by atoms with Gasteiger partial charge in [-0.2, -0.15) is 0 Å². The van der Waals surface area contributed by atoms with Gasteiger partial charge in [0.2, 0.25) is 0 Å². The highest BCUT2D eigenvalue weighted by molar-refractivity contribution is 7.92. The van der Waals surface area contributed by atoms with E-state index in [1.54, 1.807) is 36.4 Å². The van der Waals surface area contributed by atoms with E-state index in [1.165, 1.54) is 12.1 Å². The fourth-order valence-corrected chi connectivity index (χ4v) is 4.68. The van der Waals surface area contributed by atoms with E-state index in [-0.39, 0.29) is 10.8 Å². The van der Waals surface area contributed by atoms with Crippen molar-refractivity contribution in [1.29, 1.82) is 0 Å². The number of nitrogens with zero attached hydrogens (tertiary/aromatic N) is 1. The summed E-state index contributed by atoms with van der Waals surface area (Å²) in [4.78, 5) is 15.0. The van der Waals surface area contributed by atoms with Crippen molar-refractivity contribution in [3.63, 3.8) is 0 Å². The molecule has 0 radical (unpaired) electrons. The van der Waals surface area contributed by atoms with E-state index >= 15 is 0 Å². The highest BCUT2D eigenvalue weighted by Gasteiger charge is 2.24. The third kappa shape index (κ3) is 6.21. The third-order valence-corrected chi connectivity index (χ3v) is 6.84. The smallest absolute Gasteiger partial charge is 0.261 e. The Morgan fingerprint density at radius 3 is 2.39 bits per heavy atom. The maximum absolute atomic E-state index is 12.6. The summed E-state index contributed by atoms with van der Waals surface area (Å²) in [5, 5.41) is 2.99. The molecule has 2 aromatic rings. The quantitative estimate of drug-likeness (QED) is 0.618. The largest absolute Gasteiger partial charge is 0.494 e. The van der Waals surface area contributed by atoms with Crippen LogP contribution in [0, 0.1) is 5.92 Å². The predicted octanol–water partition coefficient (Wildman–Crippen LogP) is 3.35. The van der Waals surface area contributed by atoms with Gasteiger partial charge in [-0.1, -0.05) is 0 Å². The fourth-order valence-electron chi connectivity index (χ4n) is 3.62. The minimum Gasteiger partial charge on any atom is -0.494 e. The zero-order valence-corrected chi connectivity index (χ0v) is 19.1. The molecule has 1 atom stereocenters. The number of anilines is 1. The molecule has 1 aliphatic heterocycles. The Labute approximate surface area is 184 Å². The Bertz CT molecular complexity index is 973. The molecule has 0 bridgehead atoms. The van der Waals surface area contributed by atoms with Gasteiger partial charge in [-0.3, -0.25) is 9.52 Å². The lowest BCUT2D eigenvalue weighted by Gasteiger charge is -2.20. The van der Waals surface area contributed by atoms with Gasteiger partial charge >= 0.3 is 0 Å². The summed E-state index contributed by atoms with van der Waals surface area (Å²) < 4.78 is 33.0. The summed E-state index contributed by atoms with van der Waals surface area (Å²) in [7, 11) is -3.72. The number of amides is 1. The Hall–Kier alpha value is -2.58. The lowest BCUT2D eigenvalue weighted by molar-refractivity contribution is 0.0947. The van der Waals surface area contributed by atoms with Crippen LogP contribution >= 0.6 is 0 Å². The molecule has 1 aliphatic rings. The van der Waals surface area contributed by atoms with Crippen molar-refractivity contribution in [1.82, 2.24) is 10.2 Å². The van der Waals surface area contributed by atoms with Gasteiger partial charge in [0.05, 0.1) is 11.5 Å². The number of benzene rings is 2. The summed E-state index contributed by atoms with van der Waals surface area (Å²) in [6.07, 6.45) is 1.09. The summed E-state index contributed by atoms with van der Waals surface area (Å²) in [5.74, 6) is 0.932. The van der Waals surface area contributed by atoms with E-state index in [0.717, 1.165) is 19.5 Å². The van der Waals surface area contributed by atoms with Crippen molar-refractivity contribution in [2.75, 3.05) is 31.0 Å². The SMILES string of the molecule is CCOc1ccc(S(=O)(=O)Nc2ccc(C(=O)NCC3CCN(C(C)C)C3)cc2)cc1. The molecule has 1 fully saturated rings. The topological polar surface area (TPSA) is 87.7 Å². The second-order valence-electron chi connectivity index (χ2n) is 8.04. The average Bonchev–Trinajstić information content (AvgIpc) is 3.22. The van der Waals surface area contributed by atoms with Crippen molar-refractivity contribution in [2.45, 2.75) is 38.1 Å². The van der Waals surface area contributed by atoms with E-state index in [4.69, 9.17) is 4.74 Å². The van der Waals surface area contributed by atoms with Crippen LogP contribution in [0.15, 0.2) is 53.4 Å². The van der Waals surface area contributed by atoms with Crippen LogP contribution in [0.25, 0.3) is 0 Å². The van der Waals surface area contributed by atoms with E-state index in [9.17, 15) is 13.2 Å². The summed E-state index contributed by atoms with van der Waals surface area (Å²) in [5.41, 5.74) is 0.900. The number of hydrogen-bond donors (Lipinski definition) is 2. The van der Waals surface area contributed by atoms with Crippen molar-refractivity contribution >= 4 is 21.6 Å². The summed E-state index contributed by atoms with van der Waals surface area (Å²) in [6.45, 7) is 9.48. The van der Waals surface area contributed by atoms with Crippen molar-refractivity contribution in [3.05, 3.63) is 54.1 Å². The molecule has 7 nitrogen and oxygen atoms in total. The Balaban J connectivity index is 1.55. The number of hydrogen-bond acceptors (Lipinski definition) is 5. The van der Waals surface area contributed by atoms with Crippen LogP contribution in [-0.2, 0) is 10.0 Å². The number of rotatable bonds is 9. The zero-order chi connectivity index (χ0) is 22.4. The molecule has 1 saturated heterocycles. The van der Waals surface area contributed by atoms with Crippen LogP contribution in [0.5, 0.6) is 5.75 Å². The van der Waals surface area contributed by atoms with Crippen LogP contribution in [0.4, 0.5) is 5.69 Å². The van der Waals surface area contributed by atoms with Gasteiger partial charge in [0.25, 0.3) is 15.9 Å². The molecular weight excluding hydrogens is 414 g/mol. The first-order valence-corrected chi connectivity index (χ1v) is 12.1. The number of ether oxygens (including phenoxy) is 1. The summed E-state index contributed by atoms with van der Waals surface area (Å²) in [6, 6.07) is 13.2. The molecule has 168 valence electrons. The minimum atomic E-state index is -3.72. The Morgan fingerprint density at radius 1 is 1.13 bits per heavy atom. The standard InChI is InChI=1S/C23H31N3O4S/c1-4-30-21-9-11-22(12-10-21)31(28,29)25-20-7-5-19(6-8-20)23(27)24-15-18-13-14-26(16-18)17(2)3/h5-12,17-18,25H,4,13-16H2,1-3H3,(H,24,27). The van der Waals surface area contributed by atoms with Crippen LogP contribution in [-0.4, -0.2) is 51.5 Å². The number of sulfonamides is 1. The molecule has 2 aromatic carbocycles. The second-order valence-corrected chi connectivity index (χ2v) is 9.72. The maximum atomic E-state index is 12.6. The molecule has 8 heteroatoms. The van der Waals surface area contributed by atoms with Gasteiger partial charge in [-0.05, 0) is 88.2 Å². The Morgan fingerprint density at radius 2 is 1.81 bits per heavy atom. The molecule has 1 amide bonds. The highest BCUT2D eigenvalue weighted by atomic mass is 32.2. The van der Waals surface area contributed by atoms with Gasteiger partial charge in [-0.15, -0.1) is 0 Å². The highest BCUT2D eigenvalue weighted by Crippen LogP contribution is 2.20. The van der Waals surface area contributed by atoms with Gasteiger partial charge in [0.1, 0.15) is 5.75 Å². The molecule has 3 rings (SSSR count). The summed E-state index contributed by atoms with van der Waals surface area (Å²) >= 11 is 0. The van der Waals surface area contributed by atoms with Gasteiger partial charge < -0.3 is 15.0 Å². The van der Waals surface area contributed by atoms with E-state index < -0.39 is 10.0 Å². The van der Waals surface area contributed by atoms with Crippen LogP contribution < -0.4 is 14.8 Å². The number of carbonyl (C=O) groups excluding carboxylic acids is 1. The molecule has 31 heavy (non-hydrogen) atoms.